The average Bonchev–Trinajstić information content (AvgIpc) is 2.06. The molecule has 0 amide bonds. The van der Waals surface area contributed by atoms with Crippen molar-refractivity contribution < 1.29 is 5.11 Å². The van der Waals surface area contributed by atoms with E-state index in [0.717, 1.165) is 0 Å². The van der Waals surface area contributed by atoms with Gasteiger partial charge in [0.2, 0.25) is 0 Å². The van der Waals surface area contributed by atoms with Crippen molar-refractivity contribution in [2.75, 3.05) is 0 Å². The van der Waals surface area contributed by atoms with Crippen molar-refractivity contribution in [3.63, 3.8) is 0 Å². The van der Waals surface area contributed by atoms with Gasteiger partial charge < -0.3 is 5.11 Å². The Morgan fingerprint density at radius 1 is 1.15 bits per heavy atom. The number of hydrogen-bond acceptors (Lipinski definition) is 1. The Balaban J connectivity index is 0.000000226. The van der Waals surface area contributed by atoms with Gasteiger partial charge in [-0.05, 0) is 0 Å². The Morgan fingerprint density at radius 2 is 1.54 bits per heavy atom. The van der Waals surface area contributed by atoms with E-state index in [9.17, 15) is 5.11 Å². The molecule has 0 unspecified atom stereocenters. The summed E-state index contributed by atoms with van der Waals surface area (Å²) in [6.07, 6.45) is 0. The van der Waals surface area contributed by atoms with E-state index in [-0.39, 0.29) is 5.75 Å². The van der Waals surface area contributed by atoms with Crippen LogP contribution >= 0.6 is 0 Å². The summed E-state index contributed by atoms with van der Waals surface area (Å²) in [5.41, 5.74) is 0. The van der Waals surface area contributed by atoms with Gasteiger partial charge in [0.25, 0.3) is 0 Å². The molecule has 68 valence electrons. The van der Waals surface area contributed by atoms with E-state index < -0.39 is 8.07 Å². The van der Waals surface area contributed by atoms with Crippen LogP contribution < -0.4 is 5.11 Å². The van der Waals surface area contributed by atoms with Gasteiger partial charge in [0, 0.05) is 0 Å². The molecule has 0 aliphatic carbocycles. The third-order valence-electron chi connectivity index (χ3n) is 1.49. The Kier molecular flexibility index (Phi) is 6.46. The second kappa shape index (κ2) is 6.46. The first kappa shape index (κ1) is 13.0. The molecule has 13 heavy (non-hydrogen) atoms. The SMILES string of the molecule is C[Si](C)(C)[CH2][Mg+].[O-]c1ccccc1. The molecule has 0 fully saturated rings. The zero-order valence-electron chi connectivity index (χ0n) is 8.71. The molecule has 0 atom stereocenters. The van der Waals surface area contributed by atoms with Crippen LogP contribution in [0, 0.1) is 0 Å². The molecule has 1 aromatic rings. The topological polar surface area (TPSA) is 23.1 Å². The van der Waals surface area contributed by atoms with E-state index in [1.54, 1.807) is 12.1 Å². The minimum Gasteiger partial charge on any atom is -0.872 e. The summed E-state index contributed by atoms with van der Waals surface area (Å²) in [6.45, 7) is 7.17. The van der Waals surface area contributed by atoms with Crippen LogP contribution in [0.2, 0.25) is 23.8 Å². The zero-order valence-corrected chi connectivity index (χ0v) is 11.1. The van der Waals surface area contributed by atoms with Crippen LogP contribution in [0.1, 0.15) is 0 Å². The van der Waals surface area contributed by atoms with Crippen molar-refractivity contribution in [3.8, 4) is 5.75 Å². The maximum atomic E-state index is 10.3. The van der Waals surface area contributed by atoms with Crippen LogP contribution in [0.25, 0.3) is 0 Å². The van der Waals surface area contributed by atoms with E-state index in [4.69, 9.17) is 0 Å². The molecule has 0 saturated carbocycles. The standard InChI is InChI=1S/C6H6O.C4H11Si.Mg/c7-6-4-2-1-3-5-6;1-5(2,3)4;/h1-5,7H;1H2,2-4H3;/q;;+1/p-1. The molecule has 0 bridgehead atoms. The summed E-state index contributed by atoms with van der Waals surface area (Å²) in [5, 5.41) is 10.3. The predicted octanol–water partition coefficient (Wildman–Crippen LogP) is 2.21. The fourth-order valence-electron chi connectivity index (χ4n) is 0.420. The fourth-order valence-corrected chi connectivity index (χ4v) is 0.420. The molecule has 0 N–H and O–H groups in total. The summed E-state index contributed by atoms with van der Waals surface area (Å²) in [5.74, 6) is 0.0718. The second-order valence-corrected chi connectivity index (χ2v) is 11.2. The van der Waals surface area contributed by atoms with Crippen molar-refractivity contribution >= 4 is 29.8 Å². The largest absolute Gasteiger partial charge is 0.872 e. The van der Waals surface area contributed by atoms with Crippen LogP contribution in [-0.2, 0) is 0 Å². The molecule has 0 radical (unpaired) electrons. The third-order valence-corrected chi connectivity index (χ3v) is 7.49. The predicted molar refractivity (Wildman–Crippen MR) is 59.8 cm³/mol. The Morgan fingerprint density at radius 3 is 1.69 bits per heavy atom. The quantitative estimate of drug-likeness (QED) is 0.644. The van der Waals surface area contributed by atoms with E-state index in [0.29, 0.717) is 0 Å². The Hall–Kier alpha value is 0.00312. The number of benzene rings is 1. The number of para-hydroxylation sites is 1. The van der Waals surface area contributed by atoms with Gasteiger partial charge in [-0.3, -0.25) is 0 Å². The molecular weight excluding hydrogens is 188 g/mol. The minimum atomic E-state index is -0.619. The number of rotatable bonds is 1. The van der Waals surface area contributed by atoms with Gasteiger partial charge in [0.05, 0.1) is 0 Å². The molecule has 0 heterocycles. The van der Waals surface area contributed by atoms with Crippen LogP contribution in [0.15, 0.2) is 30.3 Å². The summed E-state index contributed by atoms with van der Waals surface area (Å²) in [6, 6.07) is 8.33. The van der Waals surface area contributed by atoms with Crippen LogP contribution in [0.5, 0.6) is 5.75 Å². The van der Waals surface area contributed by atoms with E-state index in [1.165, 1.54) is 16.3 Å². The molecule has 0 aromatic heterocycles. The van der Waals surface area contributed by atoms with Gasteiger partial charge in [0.15, 0.2) is 0 Å². The van der Waals surface area contributed by atoms with Crippen molar-refractivity contribution in [1.82, 2.24) is 0 Å². The first-order valence-electron chi connectivity index (χ1n) is 4.47. The first-order chi connectivity index (χ1) is 5.95. The maximum Gasteiger partial charge on any atom is -0.0623 e. The van der Waals surface area contributed by atoms with Gasteiger partial charge >= 0.3 is 53.6 Å². The van der Waals surface area contributed by atoms with Gasteiger partial charge in [-0.2, -0.15) is 0 Å². The second-order valence-electron chi connectivity index (χ2n) is 4.12. The Bertz CT molecular complexity index is 218. The zero-order chi connectivity index (χ0) is 10.3. The molecule has 1 nitrogen and oxygen atoms in total. The minimum absolute atomic E-state index is 0.0718. The molecule has 0 aliphatic heterocycles. The van der Waals surface area contributed by atoms with Gasteiger partial charge in [-0.25, -0.2) is 0 Å². The van der Waals surface area contributed by atoms with E-state index in [1.807, 2.05) is 6.07 Å². The average molecular weight is 205 g/mol. The summed E-state index contributed by atoms with van der Waals surface area (Å²) < 4.78 is 1.44. The maximum absolute atomic E-state index is 10.3. The summed E-state index contributed by atoms with van der Waals surface area (Å²) >= 11 is 2.10. The van der Waals surface area contributed by atoms with Crippen LogP contribution in [-0.4, -0.2) is 29.8 Å². The fraction of sp³-hybridized carbons (Fsp3) is 0.400. The number of hydrogen-bond donors (Lipinski definition) is 0. The molecule has 1 rings (SSSR count). The van der Waals surface area contributed by atoms with E-state index >= 15 is 0 Å². The van der Waals surface area contributed by atoms with Crippen LogP contribution in [0.4, 0.5) is 0 Å². The Labute approximate surface area is 94.6 Å². The van der Waals surface area contributed by atoms with Crippen molar-refractivity contribution in [3.05, 3.63) is 30.3 Å². The normalized spacial score (nSPS) is 10.2. The van der Waals surface area contributed by atoms with Crippen molar-refractivity contribution in [2.24, 2.45) is 0 Å². The monoisotopic (exact) mass is 204 g/mol. The smallest absolute Gasteiger partial charge is 0.0623 e. The van der Waals surface area contributed by atoms with Crippen molar-refractivity contribution in [1.29, 1.82) is 0 Å². The molecule has 0 aliphatic rings. The molecule has 0 spiro atoms. The summed E-state index contributed by atoms with van der Waals surface area (Å²) in [4.78, 5) is 0. The third kappa shape index (κ3) is 9.92. The molecule has 1 aromatic carbocycles. The van der Waals surface area contributed by atoms with Crippen LogP contribution in [0.3, 0.4) is 0 Å². The first-order valence-corrected chi connectivity index (χ1v) is 9.18. The van der Waals surface area contributed by atoms with Gasteiger partial charge in [0.1, 0.15) is 0 Å². The van der Waals surface area contributed by atoms with E-state index in [2.05, 4.69) is 41.3 Å². The molecular formula is C10H16MgOSi. The van der Waals surface area contributed by atoms with Gasteiger partial charge in [-0.15, -0.1) is 5.75 Å². The van der Waals surface area contributed by atoms with Gasteiger partial charge in [-0.1, -0.05) is 30.3 Å². The summed E-state index contributed by atoms with van der Waals surface area (Å²) in [7, 11) is -0.619. The molecule has 3 heteroatoms. The molecule has 0 saturated heterocycles. The van der Waals surface area contributed by atoms with Crippen molar-refractivity contribution in [2.45, 2.75) is 23.8 Å².